The van der Waals surface area contributed by atoms with Crippen LogP contribution in [0.4, 0.5) is 0 Å². The van der Waals surface area contributed by atoms with Gasteiger partial charge in [-0.1, -0.05) is 11.3 Å². The minimum Gasteiger partial charge on any atom is -0.383 e. The molecule has 0 radical (unpaired) electrons. The Bertz CT molecular complexity index is 402. The number of nitrogens with zero attached hydrogens (tertiary/aromatic N) is 4. The van der Waals surface area contributed by atoms with E-state index in [9.17, 15) is 0 Å². The largest absolute Gasteiger partial charge is 0.383 e. The van der Waals surface area contributed by atoms with E-state index in [0.717, 1.165) is 45.0 Å². The van der Waals surface area contributed by atoms with Crippen LogP contribution < -0.4 is 5.32 Å². The first-order valence-corrected chi connectivity index (χ1v) is 7.26. The lowest BCUT2D eigenvalue weighted by Crippen LogP contribution is -2.31. The topological polar surface area (TPSA) is 55.2 Å². The molecule has 2 rings (SSSR count). The number of rotatable bonds is 11. The summed E-state index contributed by atoms with van der Waals surface area (Å²) in [6.45, 7) is 8.90. The van der Waals surface area contributed by atoms with Crippen LogP contribution in [0.3, 0.4) is 0 Å². The summed E-state index contributed by atoms with van der Waals surface area (Å²) < 4.78 is 7.03. The number of ether oxygens (including phenoxy) is 1. The minimum absolute atomic E-state index is 0.706. The van der Waals surface area contributed by atoms with Gasteiger partial charge >= 0.3 is 0 Å². The van der Waals surface area contributed by atoms with Crippen LogP contribution in [-0.4, -0.2) is 59.3 Å². The van der Waals surface area contributed by atoms with Gasteiger partial charge in [-0.05, 0) is 12.8 Å². The molecule has 6 nitrogen and oxygen atoms in total. The summed E-state index contributed by atoms with van der Waals surface area (Å²) in [6, 6.07) is 0.706. The summed E-state index contributed by atoms with van der Waals surface area (Å²) in [5.74, 6) is 0. The molecule has 0 amide bonds. The van der Waals surface area contributed by atoms with Crippen molar-refractivity contribution in [1.82, 2.24) is 25.2 Å². The molecule has 0 spiro atoms. The molecule has 1 aromatic rings. The van der Waals surface area contributed by atoms with Gasteiger partial charge in [0.05, 0.1) is 18.8 Å². The standard InChI is InChI=1S/C14H25N5O/c1-3-6-18(9-10-20-2)7-8-19-12-14(16-17-19)11-15-13-4-5-13/h3,12-13,15H,1,4-11H2,2H3. The van der Waals surface area contributed by atoms with E-state index in [1.54, 1.807) is 7.11 Å². The average molecular weight is 279 g/mol. The third kappa shape index (κ3) is 5.40. The molecule has 0 atom stereocenters. The number of methoxy groups -OCH3 is 1. The third-order valence-corrected chi connectivity index (χ3v) is 3.38. The van der Waals surface area contributed by atoms with E-state index >= 15 is 0 Å². The van der Waals surface area contributed by atoms with Crippen LogP contribution in [0.25, 0.3) is 0 Å². The van der Waals surface area contributed by atoms with Gasteiger partial charge in [-0.25, -0.2) is 0 Å². The normalized spacial score (nSPS) is 14.9. The zero-order valence-corrected chi connectivity index (χ0v) is 12.3. The molecule has 1 aliphatic rings. The molecule has 0 bridgehead atoms. The molecule has 1 fully saturated rings. The Kier molecular flexibility index (Phi) is 6.17. The number of hydrogen-bond acceptors (Lipinski definition) is 5. The Labute approximate surface area is 120 Å². The Morgan fingerprint density at radius 2 is 2.40 bits per heavy atom. The zero-order valence-electron chi connectivity index (χ0n) is 12.3. The molecule has 6 heteroatoms. The van der Waals surface area contributed by atoms with Crippen LogP contribution in [0.5, 0.6) is 0 Å². The molecular formula is C14H25N5O. The summed E-state index contributed by atoms with van der Waals surface area (Å²) in [7, 11) is 1.72. The van der Waals surface area contributed by atoms with E-state index < -0.39 is 0 Å². The van der Waals surface area contributed by atoms with Crippen LogP contribution in [-0.2, 0) is 17.8 Å². The van der Waals surface area contributed by atoms with Gasteiger partial charge in [0.15, 0.2) is 0 Å². The first kappa shape index (κ1) is 15.2. The Hall–Kier alpha value is -1.24. The van der Waals surface area contributed by atoms with Crippen LogP contribution in [0.1, 0.15) is 18.5 Å². The van der Waals surface area contributed by atoms with Gasteiger partial charge in [0.2, 0.25) is 0 Å². The lowest BCUT2D eigenvalue weighted by atomic mass is 10.4. The van der Waals surface area contributed by atoms with Gasteiger partial charge in [0.25, 0.3) is 0 Å². The molecule has 112 valence electrons. The van der Waals surface area contributed by atoms with E-state index in [2.05, 4.69) is 27.1 Å². The summed E-state index contributed by atoms with van der Waals surface area (Å²) in [5, 5.41) is 11.8. The van der Waals surface area contributed by atoms with Crippen molar-refractivity contribution in [1.29, 1.82) is 0 Å². The predicted molar refractivity (Wildman–Crippen MR) is 78.4 cm³/mol. The molecule has 1 saturated carbocycles. The third-order valence-electron chi connectivity index (χ3n) is 3.38. The molecule has 0 aliphatic heterocycles. The minimum atomic E-state index is 0.706. The molecule has 0 aromatic carbocycles. The summed E-state index contributed by atoms with van der Waals surface area (Å²) in [4.78, 5) is 2.29. The van der Waals surface area contributed by atoms with Crippen LogP contribution in [0.15, 0.2) is 18.9 Å². The quantitative estimate of drug-likeness (QED) is 0.603. The second-order valence-corrected chi connectivity index (χ2v) is 5.21. The Morgan fingerprint density at radius 3 is 3.10 bits per heavy atom. The summed E-state index contributed by atoms with van der Waals surface area (Å²) in [5.41, 5.74) is 1.02. The smallest absolute Gasteiger partial charge is 0.0964 e. The Balaban J connectivity index is 1.71. The SMILES string of the molecule is C=CCN(CCOC)CCn1cc(CNC2CC2)nn1. The maximum absolute atomic E-state index is 5.12. The molecule has 1 heterocycles. The van der Waals surface area contributed by atoms with E-state index in [4.69, 9.17) is 4.74 Å². The fourth-order valence-electron chi connectivity index (χ4n) is 2.01. The first-order chi connectivity index (χ1) is 9.81. The van der Waals surface area contributed by atoms with E-state index in [0.29, 0.717) is 6.04 Å². The highest BCUT2D eigenvalue weighted by molar-refractivity contribution is 4.94. The van der Waals surface area contributed by atoms with Crippen molar-refractivity contribution in [3.8, 4) is 0 Å². The number of aromatic nitrogens is 3. The lowest BCUT2D eigenvalue weighted by molar-refractivity contribution is 0.151. The number of hydrogen-bond donors (Lipinski definition) is 1. The second kappa shape index (κ2) is 8.14. The van der Waals surface area contributed by atoms with Crippen molar-refractivity contribution in [2.75, 3.05) is 33.4 Å². The monoisotopic (exact) mass is 279 g/mol. The molecule has 1 aromatic heterocycles. The average Bonchev–Trinajstić information content (AvgIpc) is 3.18. The molecule has 1 N–H and O–H groups in total. The van der Waals surface area contributed by atoms with Gasteiger partial charge in [-0.2, -0.15) is 0 Å². The highest BCUT2D eigenvalue weighted by Gasteiger charge is 2.20. The van der Waals surface area contributed by atoms with E-state index in [1.807, 2.05) is 17.0 Å². The van der Waals surface area contributed by atoms with Crippen LogP contribution in [0.2, 0.25) is 0 Å². The molecule has 1 aliphatic carbocycles. The molecule has 0 unspecified atom stereocenters. The molecule has 0 saturated heterocycles. The number of nitrogens with one attached hydrogen (secondary N) is 1. The summed E-state index contributed by atoms with van der Waals surface area (Å²) in [6.07, 6.45) is 6.54. The van der Waals surface area contributed by atoms with Crippen LogP contribution in [0, 0.1) is 0 Å². The fraction of sp³-hybridized carbons (Fsp3) is 0.714. The van der Waals surface area contributed by atoms with Crippen molar-refractivity contribution in [3.05, 3.63) is 24.5 Å². The van der Waals surface area contributed by atoms with E-state index in [-0.39, 0.29) is 0 Å². The zero-order chi connectivity index (χ0) is 14.2. The van der Waals surface area contributed by atoms with Gasteiger partial charge in [0.1, 0.15) is 0 Å². The summed E-state index contributed by atoms with van der Waals surface area (Å²) >= 11 is 0. The van der Waals surface area contributed by atoms with E-state index in [1.165, 1.54) is 12.8 Å². The van der Waals surface area contributed by atoms with Gasteiger partial charge < -0.3 is 10.1 Å². The maximum Gasteiger partial charge on any atom is 0.0964 e. The first-order valence-electron chi connectivity index (χ1n) is 7.26. The molecular weight excluding hydrogens is 254 g/mol. The maximum atomic E-state index is 5.12. The van der Waals surface area contributed by atoms with Gasteiger partial charge in [0, 0.05) is 45.5 Å². The predicted octanol–water partition coefficient (Wildman–Crippen LogP) is 0.665. The van der Waals surface area contributed by atoms with Crippen molar-refractivity contribution in [2.24, 2.45) is 0 Å². The lowest BCUT2D eigenvalue weighted by Gasteiger charge is -2.19. The fourth-order valence-corrected chi connectivity index (χ4v) is 2.01. The Morgan fingerprint density at radius 1 is 1.55 bits per heavy atom. The van der Waals surface area contributed by atoms with Crippen LogP contribution >= 0.6 is 0 Å². The highest BCUT2D eigenvalue weighted by Crippen LogP contribution is 2.18. The van der Waals surface area contributed by atoms with Gasteiger partial charge in [-0.3, -0.25) is 9.58 Å². The van der Waals surface area contributed by atoms with Crippen molar-refractivity contribution in [3.63, 3.8) is 0 Å². The second-order valence-electron chi connectivity index (χ2n) is 5.21. The van der Waals surface area contributed by atoms with Crippen molar-refractivity contribution < 1.29 is 4.74 Å². The van der Waals surface area contributed by atoms with Gasteiger partial charge in [-0.15, -0.1) is 11.7 Å². The van der Waals surface area contributed by atoms with Crippen molar-refractivity contribution >= 4 is 0 Å². The van der Waals surface area contributed by atoms with Crippen molar-refractivity contribution in [2.45, 2.75) is 32.0 Å². The highest BCUT2D eigenvalue weighted by atomic mass is 16.5. The molecule has 20 heavy (non-hydrogen) atoms.